The molecule has 0 spiro atoms. The second kappa shape index (κ2) is 16.4. The van der Waals surface area contributed by atoms with Crippen LogP contribution >= 0.6 is 0 Å². The second-order valence-electron chi connectivity index (χ2n) is 7.46. The third-order valence-corrected chi connectivity index (χ3v) is 4.97. The number of piperazine rings is 1. The highest BCUT2D eigenvalue weighted by Gasteiger charge is 2.16. The van der Waals surface area contributed by atoms with Crippen LogP contribution in [0.25, 0.3) is 0 Å². The molecule has 28 heavy (non-hydrogen) atoms. The summed E-state index contributed by atoms with van der Waals surface area (Å²) in [4.78, 5) is 28.1. The molecule has 0 atom stereocenters. The summed E-state index contributed by atoms with van der Waals surface area (Å²) >= 11 is 0. The van der Waals surface area contributed by atoms with E-state index in [9.17, 15) is 9.59 Å². The van der Waals surface area contributed by atoms with Crippen molar-refractivity contribution in [2.75, 3.05) is 65.4 Å². The second-order valence-corrected chi connectivity index (χ2v) is 7.46. The molecule has 164 valence electrons. The van der Waals surface area contributed by atoms with E-state index < -0.39 is 0 Å². The summed E-state index contributed by atoms with van der Waals surface area (Å²) in [6.07, 6.45) is 6.21. The van der Waals surface area contributed by atoms with E-state index in [1.54, 1.807) is 0 Å². The van der Waals surface area contributed by atoms with E-state index in [1.165, 1.54) is 0 Å². The molecule has 1 rings (SSSR count). The van der Waals surface area contributed by atoms with Crippen LogP contribution < -0.4 is 21.3 Å². The van der Waals surface area contributed by atoms with E-state index >= 15 is 0 Å². The molecule has 0 aromatic carbocycles. The number of unbranched alkanes of at least 4 members (excludes halogenated alkanes) is 2. The summed E-state index contributed by atoms with van der Waals surface area (Å²) in [5, 5.41) is 11.6. The Morgan fingerprint density at radius 2 is 0.929 bits per heavy atom. The van der Waals surface area contributed by atoms with Gasteiger partial charge < -0.3 is 31.1 Å². The molecular weight excluding hydrogens is 356 g/mol. The molecule has 1 fully saturated rings. The fourth-order valence-corrected chi connectivity index (χ4v) is 3.13. The first-order valence-corrected chi connectivity index (χ1v) is 11.1. The van der Waals surface area contributed by atoms with Gasteiger partial charge in [-0.15, -0.1) is 0 Å². The number of hydrogen-bond donors (Lipinski definition) is 4. The van der Waals surface area contributed by atoms with Crippen LogP contribution in [-0.4, -0.2) is 87.3 Å². The van der Waals surface area contributed by atoms with Gasteiger partial charge in [-0.05, 0) is 38.8 Å². The van der Waals surface area contributed by atoms with E-state index in [4.69, 9.17) is 0 Å². The third-order valence-electron chi connectivity index (χ3n) is 4.97. The van der Waals surface area contributed by atoms with Gasteiger partial charge in [-0.1, -0.05) is 26.7 Å². The van der Waals surface area contributed by atoms with Gasteiger partial charge in [0, 0.05) is 52.4 Å². The van der Waals surface area contributed by atoms with Crippen molar-refractivity contribution >= 4 is 12.1 Å². The number of carbonyl (C=O) groups excluding carboxylic acids is 2. The first-order valence-electron chi connectivity index (χ1n) is 11.1. The Labute approximate surface area is 171 Å². The van der Waals surface area contributed by atoms with E-state index in [0.717, 1.165) is 104 Å². The summed E-state index contributed by atoms with van der Waals surface area (Å²) in [5.41, 5.74) is 0. The zero-order valence-corrected chi connectivity index (χ0v) is 18.0. The number of nitrogens with one attached hydrogen (secondary N) is 4. The lowest BCUT2D eigenvalue weighted by Gasteiger charge is -2.34. The van der Waals surface area contributed by atoms with Gasteiger partial charge in [-0.2, -0.15) is 0 Å². The van der Waals surface area contributed by atoms with Gasteiger partial charge in [-0.3, -0.25) is 0 Å². The van der Waals surface area contributed by atoms with Crippen molar-refractivity contribution in [1.29, 1.82) is 0 Å². The summed E-state index contributed by atoms with van der Waals surface area (Å²) < 4.78 is 0. The maximum atomic E-state index is 11.6. The number of urea groups is 2. The zero-order chi connectivity index (χ0) is 20.5. The summed E-state index contributed by atoms with van der Waals surface area (Å²) in [7, 11) is 0. The molecule has 0 aliphatic carbocycles. The van der Waals surface area contributed by atoms with Crippen LogP contribution in [0.15, 0.2) is 0 Å². The molecular formula is C20H42N6O2. The van der Waals surface area contributed by atoms with Crippen LogP contribution in [0.4, 0.5) is 9.59 Å². The highest BCUT2D eigenvalue weighted by Crippen LogP contribution is 2.03. The zero-order valence-electron chi connectivity index (χ0n) is 18.0. The minimum atomic E-state index is -0.0501. The van der Waals surface area contributed by atoms with Crippen LogP contribution in [0.2, 0.25) is 0 Å². The molecule has 8 nitrogen and oxygen atoms in total. The quantitative estimate of drug-likeness (QED) is 0.335. The van der Waals surface area contributed by atoms with E-state index in [2.05, 4.69) is 44.9 Å². The standard InChI is InChI=1S/C20H42N6O2/c1-3-5-9-21-19(27)23-11-7-13-25-15-17-26(18-16-25)14-8-12-24-20(28)22-10-6-4-2/h3-18H2,1-2H3,(H2,21,23,27)(H2,22,24,28). The average Bonchev–Trinajstić information content (AvgIpc) is 2.70. The van der Waals surface area contributed by atoms with Gasteiger partial charge >= 0.3 is 12.1 Å². The molecule has 0 unspecified atom stereocenters. The summed E-state index contributed by atoms with van der Waals surface area (Å²) in [5.74, 6) is 0. The Hall–Kier alpha value is -1.54. The number of carbonyl (C=O) groups is 2. The monoisotopic (exact) mass is 398 g/mol. The molecule has 0 aromatic rings. The fraction of sp³-hybridized carbons (Fsp3) is 0.900. The van der Waals surface area contributed by atoms with Crippen LogP contribution in [0, 0.1) is 0 Å². The van der Waals surface area contributed by atoms with Crippen LogP contribution in [-0.2, 0) is 0 Å². The molecule has 1 aliphatic heterocycles. The largest absolute Gasteiger partial charge is 0.338 e. The molecule has 4 amide bonds. The molecule has 0 saturated carbocycles. The van der Waals surface area contributed by atoms with E-state index in [-0.39, 0.29) is 12.1 Å². The number of amides is 4. The Morgan fingerprint density at radius 1 is 0.607 bits per heavy atom. The molecule has 0 bridgehead atoms. The predicted molar refractivity (Wildman–Crippen MR) is 115 cm³/mol. The van der Waals surface area contributed by atoms with E-state index in [1.807, 2.05) is 0 Å². The van der Waals surface area contributed by atoms with Crippen LogP contribution in [0.5, 0.6) is 0 Å². The lowest BCUT2D eigenvalue weighted by Crippen LogP contribution is -2.47. The van der Waals surface area contributed by atoms with Gasteiger partial charge in [0.2, 0.25) is 0 Å². The minimum absolute atomic E-state index is 0.0501. The van der Waals surface area contributed by atoms with Gasteiger partial charge in [0.05, 0.1) is 0 Å². The molecule has 0 radical (unpaired) electrons. The average molecular weight is 399 g/mol. The summed E-state index contributed by atoms with van der Waals surface area (Å²) in [6.45, 7) is 13.6. The third kappa shape index (κ3) is 12.8. The number of hydrogen-bond acceptors (Lipinski definition) is 4. The van der Waals surface area contributed by atoms with Crippen molar-refractivity contribution in [3.8, 4) is 0 Å². The van der Waals surface area contributed by atoms with Crippen molar-refractivity contribution in [2.24, 2.45) is 0 Å². The van der Waals surface area contributed by atoms with E-state index in [0.29, 0.717) is 0 Å². The SMILES string of the molecule is CCCCNC(=O)NCCCN1CCN(CCCNC(=O)NCCCC)CC1. The lowest BCUT2D eigenvalue weighted by atomic mass is 10.2. The fourth-order valence-electron chi connectivity index (χ4n) is 3.13. The van der Waals surface area contributed by atoms with Crippen molar-refractivity contribution in [1.82, 2.24) is 31.1 Å². The van der Waals surface area contributed by atoms with Crippen molar-refractivity contribution in [3.05, 3.63) is 0 Å². The molecule has 1 heterocycles. The van der Waals surface area contributed by atoms with Crippen molar-refractivity contribution in [2.45, 2.75) is 52.4 Å². The van der Waals surface area contributed by atoms with Gasteiger partial charge in [0.15, 0.2) is 0 Å². The molecule has 8 heteroatoms. The maximum absolute atomic E-state index is 11.6. The highest BCUT2D eigenvalue weighted by molar-refractivity contribution is 5.74. The maximum Gasteiger partial charge on any atom is 0.314 e. The smallest absolute Gasteiger partial charge is 0.314 e. The molecule has 1 aliphatic rings. The highest BCUT2D eigenvalue weighted by atomic mass is 16.2. The Balaban J connectivity index is 1.95. The van der Waals surface area contributed by atoms with Gasteiger partial charge in [-0.25, -0.2) is 9.59 Å². The van der Waals surface area contributed by atoms with Crippen molar-refractivity contribution in [3.63, 3.8) is 0 Å². The molecule has 0 aromatic heterocycles. The molecule has 1 saturated heterocycles. The number of nitrogens with zero attached hydrogens (tertiary/aromatic N) is 2. The minimum Gasteiger partial charge on any atom is -0.338 e. The first-order chi connectivity index (χ1) is 13.7. The molecule has 4 N–H and O–H groups in total. The first kappa shape index (κ1) is 24.5. The van der Waals surface area contributed by atoms with Gasteiger partial charge in [0.1, 0.15) is 0 Å². The van der Waals surface area contributed by atoms with Crippen LogP contribution in [0.1, 0.15) is 52.4 Å². The lowest BCUT2D eigenvalue weighted by molar-refractivity contribution is 0.130. The Kier molecular flexibility index (Phi) is 14.4. The Bertz CT molecular complexity index is 376. The Morgan fingerprint density at radius 3 is 1.25 bits per heavy atom. The van der Waals surface area contributed by atoms with Crippen molar-refractivity contribution < 1.29 is 9.59 Å². The normalized spacial score (nSPS) is 15.2. The summed E-state index contributed by atoms with van der Waals surface area (Å²) in [6, 6.07) is -0.100. The van der Waals surface area contributed by atoms with Gasteiger partial charge in [0.25, 0.3) is 0 Å². The topological polar surface area (TPSA) is 88.7 Å². The number of rotatable bonds is 14. The predicted octanol–water partition coefficient (Wildman–Crippen LogP) is 1.58. The van der Waals surface area contributed by atoms with Crippen LogP contribution in [0.3, 0.4) is 0 Å².